The predicted octanol–water partition coefficient (Wildman–Crippen LogP) is 3.31. The Kier molecular flexibility index (Phi) is 6.69. The van der Waals surface area contributed by atoms with E-state index in [1.54, 1.807) is 13.1 Å². The predicted molar refractivity (Wildman–Crippen MR) is 88.5 cm³/mol. The molecule has 0 spiro atoms. The van der Waals surface area contributed by atoms with Gasteiger partial charge < -0.3 is 16.4 Å². The molecule has 1 unspecified atom stereocenters. The van der Waals surface area contributed by atoms with E-state index in [0.717, 1.165) is 12.0 Å². The average Bonchev–Trinajstić information content (AvgIpc) is 2.47. The topological polar surface area (TPSA) is 50.1 Å². The number of halogens is 3. The van der Waals surface area contributed by atoms with E-state index in [4.69, 9.17) is 5.73 Å². The second-order valence-electron chi connectivity index (χ2n) is 5.40. The molecule has 128 valence electrons. The minimum atomic E-state index is -4.52. The molecule has 23 heavy (non-hydrogen) atoms. The summed E-state index contributed by atoms with van der Waals surface area (Å²) in [5.41, 5.74) is 6.71. The van der Waals surface area contributed by atoms with Crippen LogP contribution < -0.4 is 16.4 Å². The van der Waals surface area contributed by atoms with Crippen LogP contribution in [0.2, 0.25) is 0 Å². The number of nitrogens with two attached hydrogens (primary N) is 1. The minimum Gasteiger partial charge on any atom is -0.397 e. The van der Waals surface area contributed by atoms with Gasteiger partial charge >= 0.3 is 6.18 Å². The largest absolute Gasteiger partial charge is 0.432 e. The lowest BCUT2D eigenvalue weighted by molar-refractivity contribution is -0.0980. The van der Waals surface area contributed by atoms with Gasteiger partial charge in [-0.25, -0.2) is 0 Å². The summed E-state index contributed by atoms with van der Waals surface area (Å²) in [6, 6.07) is -0.624. The molecule has 0 aliphatic carbocycles. The molecule has 0 radical (unpaired) electrons. The Morgan fingerprint density at radius 3 is 2.65 bits per heavy atom. The van der Waals surface area contributed by atoms with Crippen molar-refractivity contribution in [3.8, 4) is 0 Å². The molecule has 6 heteroatoms. The highest BCUT2D eigenvalue weighted by molar-refractivity contribution is 5.47. The summed E-state index contributed by atoms with van der Waals surface area (Å²) < 4.78 is 39.1. The maximum absolute atomic E-state index is 13.0. The number of alkyl halides is 3. The number of allylic oxidation sites excluding steroid dienone is 4. The smallest absolute Gasteiger partial charge is 0.397 e. The Morgan fingerprint density at radius 1 is 1.48 bits per heavy atom. The maximum Gasteiger partial charge on any atom is 0.432 e. The van der Waals surface area contributed by atoms with E-state index in [1.165, 1.54) is 6.08 Å². The first-order valence-electron chi connectivity index (χ1n) is 7.43. The number of hydrogen-bond acceptors (Lipinski definition) is 3. The van der Waals surface area contributed by atoms with E-state index in [2.05, 4.69) is 17.2 Å². The van der Waals surface area contributed by atoms with E-state index in [0.29, 0.717) is 17.7 Å². The molecule has 0 amide bonds. The van der Waals surface area contributed by atoms with Gasteiger partial charge in [0.2, 0.25) is 0 Å². The fourth-order valence-electron chi connectivity index (χ4n) is 2.15. The van der Waals surface area contributed by atoms with Crippen LogP contribution in [0.15, 0.2) is 59.0 Å². The van der Waals surface area contributed by atoms with Gasteiger partial charge in [0.15, 0.2) is 0 Å². The molecule has 0 fully saturated rings. The summed E-state index contributed by atoms with van der Waals surface area (Å²) in [6.45, 7) is 8.51. The van der Waals surface area contributed by atoms with Crippen LogP contribution in [0.25, 0.3) is 0 Å². The Balaban J connectivity index is 3.12. The molecule has 1 heterocycles. The van der Waals surface area contributed by atoms with Crippen molar-refractivity contribution < 1.29 is 13.2 Å². The standard InChI is InChI=1S/C17H24F3N3/c1-5-11(2)10-12(3)13(8-9-22-4)15-7-6-14(21)16(23-15)17(18,19)20/h6-8,10,15,22-23H,3,5,9,21H2,1-2,4H3/b11-10+,13-8+. The zero-order chi connectivity index (χ0) is 17.6. The number of nitrogens with one attached hydrogen (secondary N) is 2. The Morgan fingerprint density at radius 2 is 2.13 bits per heavy atom. The van der Waals surface area contributed by atoms with Gasteiger partial charge in [0.25, 0.3) is 0 Å². The quantitative estimate of drug-likeness (QED) is 0.656. The van der Waals surface area contributed by atoms with Gasteiger partial charge in [-0.2, -0.15) is 13.2 Å². The molecule has 0 aromatic carbocycles. The molecule has 1 aliphatic heterocycles. The summed E-state index contributed by atoms with van der Waals surface area (Å²) in [7, 11) is 1.77. The van der Waals surface area contributed by atoms with Gasteiger partial charge in [-0.1, -0.05) is 37.3 Å². The van der Waals surface area contributed by atoms with Crippen molar-refractivity contribution in [2.24, 2.45) is 5.73 Å². The Hall–Kier alpha value is -1.95. The van der Waals surface area contributed by atoms with Gasteiger partial charge in [-0.3, -0.25) is 0 Å². The van der Waals surface area contributed by atoms with E-state index in [-0.39, 0.29) is 5.70 Å². The number of dihydropyridines is 1. The van der Waals surface area contributed by atoms with Crippen LogP contribution in [-0.4, -0.2) is 25.8 Å². The molecule has 0 bridgehead atoms. The van der Waals surface area contributed by atoms with E-state index in [1.807, 2.05) is 26.0 Å². The third kappa shape index (κ3) is 5.32. The number of rotatable bonds is 6. The van der Waals surface area contributed by atoms with E-state index in [9.17, 15) is 13.2 Å². The molecule has 1 aliphatic rings. The molecule has 0 aromatic rings. The number of hydrogen-bond donors (Lipinski definition) is 3. The third-order valence-corrected chi connectivity index (χ3v) is 3.55. The molecule has 1 rings (SSSR count). The molecular formula is C17H24F3N3. The van der Waals surface area contributed by atoms with Crippen molar-refractivity contribution in [3.05, 3.63) is 59.0 Å². The van der Waals surface area contributed by atoms with Crippen molar-refractivity contribution in [1.82, 2.24) is 10.6 Å². The SMILES string of the molecule is C=C(/C=C(\C)CC)/C(=C\CNC)C1C=CC(N)=C(C(F)(F)F)N1. The normalized spacial score (nSPS) is 19.8. The Bertz CT molecular complexity index is 566. The van der Waals surface area contributed by atoms with Crippen LogP contribution in [0.5, 0.6) is 0 Å². The van der Waals surface area contributed by atoms with Crippen LogP contribution >= 0.6 is 0 Å². The van der Waals surface area contributed by atoms with Crippen LogP contribution in [-0.2, 0) is 0 Å². The van der Waals surface area contributed by atoms with Gasteiger partial charge in [0, 0.05) is 6.54 Å². The molecule has 0 aromatic heterocycles. The van der Waals surface area contributed by atoms with Crippen molar-refractivity contribution in [2.45, 2.75) is 32.5 Å². The zero-order valence-corrected chi connectivity index (χ0v) is 13.7. The third-order valence-electron chi connectivity index (χ3n) is 3.55. The summed E-state index contributed by atoms with van der Waals surface area (Å²) in [6.07, 6.45) is 2.98. The zero-order valence-electron chi connectivity index (χ0n) is 13.7. The molecule has 3 nitrogen and oxygen atoms in total. The van der Waals surface area contributed by atoms with Gasteiger partial charge in [-0.15, -0.1) is 0 Å². The summed E-state index contributed by atoms with van der Waals surface area (Å²) >= 11 is 0. The van der Waals surface area contributed by atoms with E-state index < -0.39 is 17.9 Å². The van der Waals surface area contributed by atoms with Crippen LogP contribution in [0.4, 0.5) is 13.2 Å². The van der Waals surface area contributed by atoms with Gasteiger partial charge in [-0.05, 0) is 37.6 Å². The molecule has 4 N–H and O–H groups in total. The van der Waals surface area contributed by atoms with Crippen molar-refractivity contribution in [3.63, 3.8) is 0 Å². The van der Waals surface area contributed by atoms with Crippen LogP contribution in [0, 0.1) is 0 Å². The Labute approximate surface area is 135 Å². The molecule has 0 saturated heterocycles. The van der Waals surface area contributed by atoms with Crippen molar-refractivity contribution in [2.75, 3.05) is 13.6 Å². The summed E-state index contributed by atoms with van der Waals surface area (Å²) in [5.74, 6) is 0. The first kappa shape index (κ1) is 19.1. The fourth-order valence-corrected chi connectivity index (χ4v) is 2.15. The maximum atomic E-state index is 13.0. The lowest BCUT2D eigenvalue weighted by Crippen LogP contribution is -2.40. The minimum absolute atomic E-state index is 0.312. The molecule has 1 atom stereocenters. The van der Waals surface area contributed by atoms with Gasteiger partial charge in [0.1, 0.15) is 5.70 Å². The van der Waals surface area contributed by atoms with E-state index >= 15 is 0 Å². The highest BCUT2D eigenvalue weighted by atomic mass is 19.4. The molecular weight excluding hydrogens is 303 g/mol. The second kappa shape index (κ2) is 8.06. The van der Waals surface area contributed by atoms with Gasteiger partial charge in [0.05, 0.1) is 11.7 Å². The van der Waals surface area contributed by atoms with Crippen LogP contribution in [0.1, 0.15) is 20.3 Å². The fraction of sp³-hybridized carbons (Fsp3) is 0.412. The highest BCUT2D eigenvalue weighted by Crippen LogP contribution is 2.30. The van der Waals surface area contributed by atoms with Crippen LogP contribution in [0.3, 0.4) is 0 Å². The number of likely N-dealkylation sites (N-methyl/N-ethyl adjacent to an activating group) is 1. The summed E-state index contributed by atoms with van der Waals surface area (Å²) in [5, 5.41) is 5.44. The monoisotopic (exact) mass is 327 g/mol. The second-order valence-corrected chi connectivity index (χ2v) is 5.40. The van der Waals surface area contributed by atoms with Crippen molar-refractivity contribution in [1.29, 1.82) is 0 Å². The summed E-state index contributed by atoms with van der Waals surface area (Å²) in [4.78, 5) is 0. The first-order chi connectivity index (χ1) is 10.7. The average molecular weight is 327 g/mol. The molecule has 0 saturated carbocycles. The van der Waals surface area contributed by atoms with Crippen molar-refractivity contribution >= 4 is 0 Å². The lowest BCUT2D eigenvalue weighted by Gasteiger charge is -2.27. The lowest BCUT2D eigenvalue weighted by atomic mass is 9.94. The highest BCUT2D eigenvalue weighted by Gasteiger charge is 2.38. The first-order valence-corrected chi connectivity index (χ1v) is 7.43.